The van der Waals surface area contributed by atoms with E-state index in [9.17, 15) is 0 Å². The molecule has 0 atom stereocenters. The molecule has 0 saturated heterocycles. The van der Waals surface area contributed by atoms with Crippen molar-refractivity contribution in [2.45, 2.75) is 6.92 Å². The normalized spacial score (nSPS) is 10.3. The van der Waals surface area contributed by atoms with Gasteiger partial charge in [-0.3, -0.25) is 10.4 Å². The molecule has 11 heavy (non-hydrogen) atoms. The fourth-order valence-electron chi connectivity index (χ4n) is 0.751. The van der Waals surface area contributed by atoms with Gasteiger partial charge in [0.15, 0.2) is 0 Å². The average Bonchev–Trinajstić information content (AvgIpc) is 2.03. The van der Waals surface area contributed by atoms with Crippen LogP contribution in [0.1, 0.15) is 11.3 Å². The minimum atomic E-state index is 0.929. The van der Waals surface area contributed by atoms with E-state index in [0.29, 0.717) is 0 Å². The predicted molar refractivity (Wildman–Crippen MR) is 45.4 cm³/mol. The summed E-state index contributed by atoms with van der Waals surface area (Å²) in [6.45, 7) is 1.91. The maximum atomic E-state index is 6.68. The third-order valence-electron chi connectivity index (χ3n) is 1.34. The summed E-state index contributed by atoms with van der Waals surface area (Å²) in [7, 11) is 0. The lowest BCUT2D eigenvalue weighted by molar-refractivity contribution is 1.19. The highest BCUT2D eigenvalue weighted by Gasteiger charge is 1.91. The van der Waals surface area contributed by atoms with Crippen LogP contribution in [0.5, 0.6) is 0 Å². The molecule has 0 aliphatic carbocycles. The van der Waals surface area contributed by atoms with Crippen molar-refractivity contribution in [3.8, 4) is 0 Å². The van der Waals surface area contributed by atoms with Crippen LogP contribution in [-0.2, 0) is 0 Å². The highest BCUT2D eigenvalue weighted by molar-refractivity contribution is 5.85. The van der Waals surface area contributed by atoms with Crippen molar-refractivity contribution < 1.29 is 0 Å². The summed E-state index contributed by atoms with van der Waals surface area (Å²) in [6, 6.07) is 3.76. The summed E-state index contributed by atoms with van der Waals surface area (Å²) in [5.74, 6) is 0. The first kappa shape index (κ1) is 7.60. The fraction of sp³-hybridized carbons (Fsp3) is 0.125. The van der Waals surface area contributed by atoms with E-state index in [1.54, 1.807) is 12.4 Å². The Morgan fingerprint density at radius 2 is 2.45 bits per heavy atom. The van der Waals surface area contributed by atoms with Crippen LogP contribution in [0.25, 0.3) is 0 Å². The molecule has 0 saturated carbocycles. The van der Waals surface area contributed by atoms with E-state index in [-0.39, 0.29) is 0 Å². The topological polar surface area (TPSA) is 49.1 Å². The second-order valence-corrected chi connectivity index (χ2v) is 2.09. The number of nitrogens with zero attached hydrogens (tertiary/aromatic N) is 2. The molecule has 0 bridgehead atoms. The maximum Gasteiger partial charge on any atom is 0.106 e. The number of nitrogens with one attached hydrogen (secondary N) is 1. The molecular weight excluding hydrogens is 138 g/mol. The van der Waals surface area contributed by atoms with Gasteiger partial charge < -0.3 is 0 Å². The Morgan fingerprint density at radius 3 is 3.09 bits per heavy atom. The molecule has 0 aromatic carbocycles. The van der Waals surface area contributed by atoms with Crippen molar-refractivity contribution in [1.82, 2.24) is 4.98 Å². The number of pyridine rings is 1. The van der Waals surface area contributed by atoms with Crippen LogP contribution < -0.4 is 0 Å². The van der Waals surface area contributed by atoms with Gasteiger partial charge in [-0.05, 0) is 13.0 Å². The summed E-state index contributed by atoms with van der Waals surface area (Å²) in [6.07, 6.45) is 4.36. The first-order valence-corrected chi connectivity index (χ1v) is 3.28. The van der Waals surface area contributed by atoms with Gasteiger partial charge in [-0.1, -0.05) is 6.07 Å². The van der Waals surface area contributed by atoms with Gasteiger partial charge in [-0.25, -0.2) is 4.99 Å². The molecule has 1 heterocycles. The lowest BCUT2D eigenvalue weighted by Gasteiger charge is -1.94. The zero-order chi connectivity index (χ0) is 8.10. The van der Waals surface area contributed by atoms with E-state index >= 15 is 0 Å². The van der Waals surface area contributed by atoms with Crippen LogP contribution in [0.2, 0.25) is 0 Å². The van der Waals surface area contributed by atoms with E-state index in [1.165, 1.54) is 0 Å². The Hall–Kier alpha value is -1.51. The first-order chi connectivity index (χ1) is 5.34. The van der Waals surface area contributed by atoms with E-state index in [1.807, 2.05) is 19.1 Å². The monoisotopic (exact) mass is 147 g/mol. The van der Waals surface area contributed by atoms with Crippen LogP contribution in [0.4, 0.5) is 0 Å². The predicted octanol–water partition coefficient (Wildman–Crippen LogP) is 1.42. The van der Waals surface area contributed by atoms with Gasteiger partial charge in [0.05, 0.1) is 0 Å². The SMILES string of the molecule is Cc1ncccc1C=NC=N. The van der Waals surface area contributed by atoms with E-state index in [4.69, 9.17) is 5.41 Å². The Morgan fingerprint density at radius 1 is 1.64 bits per heavy atom. The van der Waals surface area contributed by atoms with E-state index < -0.39 is 0 Å². The molecule has 1 N–H and O–H groups in total. The van der Waals surface area contributed by atoms with Crippen LogP contribution in [-0.4, -0.2) is 17.5 Å². The highest BCUT2D eigenvalue weighted by Crippen LogP contribution is 1.98. The minimum Gasteiger partial charge on any atom is -0.290 e. The molecule has 3 heteroatoms. The van der Waals surface area contributed by atoms with E-state index in [2.05, 4.69) is 9.98 Å². The summed E-state index contributed by atoms with van der Waals surface area (Å²) in [5, 5.41) is 6.68. The molecule has 0 spiro atoms. The van der Waals surface area contributed by atoms with Gasteiger partial charge in [0, 0.05) is 23.7 Å². The molecule has 0 aliphatic rings. The van der Waals surface area contributed by atoms with Crippen molar-refractivity contribution in [1.29, 1.82) is 5.41 Å². The third-order valence-corrected chi connectivity index (χ3v) is 1.34. The first-order valence-electron chi connectivity index (χ1n) is 3.28. The van der Waals surface area contributed by atoms with Crippen LogP contribution in [0.3, 0.4) is 0 Å². The number of rotatable bonds is 2. The molecule has 0 fully saturated rings. The average molecular weight is 147 g/mol. The largest absolute Gasteiger partial charge is 0.290 e. The van der Waals surface area contributed by atoms with Crippen molar-refractivity contribution in [2.24, 2.45) is 4.99 Å². The number of hydrogen-bond donors (Lipinski definition) is 1. The standard InChI is InChI=1S/C8H9N3/c1-7-8(5-10-6-9)3-2-4-11-7/h2-6,9H,1H3. The molecule has 0 amide bonds. The number of aromatic nitrogens is 1. The Labute approximate surface area is 65.3 Å². The third kappa shape index (κ3) is 1.97. The van der Waals surface area contributed by atoms with Gasteiger partial charge in [0.25, 0.3) is 0 Å². The summed E-state index contributed by atoms with van der Waals surface area (Å²) in [4.78, 5) is 7.75. The van der Waals surface area contributed by atoms with Crippen LogP contribution >= 0.6 is 0 Å². The second kappa shape index (κ2) is 3.61. The minimum absolute atomic E-state index is 0.929. The van der Waals surface area contributed by atoms with Crippen molar-refractivity contribution in [3.63, 3.8) is 0 Å². The summed E-state index contributed by atoms with van der Waals surface area (Å²) < 4.78 is 0. The van der Waals surface area contributed by atoms with Gasteiger partial charge in [0.2, 0.25) is 0 Å². The molecule has 3 nitrogen and oxygen atoms in total. The van der Waals surface area contributed by atoms with Crippen LogP contribution in [0, 0.1) is 12.3 Å². The number of hydrogen-bond acceptors (Lipinski definition) is 2. The van der Waals surface area contributed by atoms with Crippen molar-refractivity contribution in [2.75, 3.05) is 0 Å². The summed E-state index contributed by atoms with van der Waals surface area (Å²) >= 11 is 0. The van der Waals surface area contributed by atoms with Gasteiger partial charge in [-0.2, -0.15) is 0 Å². The molecule has 1 aromatic rings. The molecule has 0 radical (unpaired) electrons. The molecule has 0 aliphatic heterocycles. The van der Waals surface area contributed by atoms with Gasteiger partial charge >= 0.3 is 0 Å². The lowest BCUT2D eigenvalue weighted by Crippen LogP contribution is -1.89. The Balaban J connectivity index is 2.94. The highest BCUT2D eigenvalue weighted by atomic mass is 14.7. The van der Waals surface area contributed by atoms with Crippen molar-refractivity contribution in [3.05, 3.63) is 29.6 Å². The number of aryl methyl sites for hydroxylation is 1. The number of aliphatic imine (C=N–C) groups is 1. The molecular formula is C8H9N3. The maximum absolute atomic E-state index is 6.68. The molecule has 0 unspecified atom stereocenters. The second-order valence-electron chi connectivity index (χ2n) is 2.09. The molecule has 56 valence electrons. The van der Waals surface area contributed by atoms with Crippen LogP contribution in [0.15, 0.2) is 23.3 Å². The molecule has 1 rings (SSSR count). The fourth-order valence-corrected chi connectivity index (χ4v) is 0.751. The molecule has 1 aromatic heterocycles. The zero-order valence-electron chi connectivity index (χ0n) is 6.28. The van der Waals surface area contributed by atoms with E-state index in [0.717, 1.165) is 17.6 Å². The summed E-state index contributed by atoms with van der Waals surface area (Å²) in [5.41, 5.74) is 1.88. The Kier molecular flexibility index (Phi) is 2.49. The van der Waals surface area contributed by atoms with Gasteiger partial charge in [0.1, 0.15) is 6.34 Å². The Bertz CT molecular complexity index is 278. The quantitative estimate of drug-likeness (QED) is 0.499. The lowest BCUT2D eigenvalue weighted by atomic mass is 10.2. The van der Waals surface area contributed by atoms with Gasteiger partial charge in [-0.15, -0.1) is 0 Å². The smallest absolute Gasteiger partial charge is 0.106 e. The zero-order valence-corrected chi connectivity index (χ0v) is 6.28. The van der Waals surface area contributed by atoms with Crippen molar-refractivity contribution >= 4 is 12.6 Å².